The van der Waals surface area contributed by atoms with Gasteiger partial charge in [0.25, 0.3) is 0 Å². The highest BCUT2D eigenvalue weighted by Crippen LogP contribution is 2.39. The van der Waals surface area contributed by atoms with Crippen molar-refractivity contribution in [3.63, 3.8) is 0 Å². The largest absolute Gasteiger partial charge is 0.328 e. The molecular weight excluding hydrogens is 222 g/mol. The van der Waals surface area contributed by atoms with E-state index >= 15 is 0 Å². The van der Waals surface area contributed by atoms with E-state index in [1.54, 1.807) is 0 Å². The molecule has 2 aliphatic rings. The topological polar surface area (TPSA) is 50.1 Å². The second-order valence-corrected chi connectivity index (χ2v) is 5.92. The van der Waals surface area contributed by atoms with E-state index in [0.29, 0.717) is 24.0 Å². The van der Waals surface area contributed by atoms with Crippen LogP contribution in [-0.2, 0) is 0 Å². The summed E-state index contributed by atoms with van der Waals surface area (Å²) in [6, 6.07) is 7.94. The Balaban J connectivity index is 1.92. The average molecular weight is 245 g/mol. The van der Waals surface area contributed by atoms with Gasteiger partial charge in [-0.25, -0.2) is 5.43 Å². The molecule has 1 heterocycles. The van der Waals surface area contributed by atoms with Gasteiger partial charge in [-0.3, -0.25) is 5.43 Å². The van der Waals surface area contributed by atoms with Crippen molar-refractivity contribution in [3.05, 3.63) is 34.9 Å². The molecule has 1 aliphatic heterocycles. The maximum absolute atomic E-state index is 6.15. The molecule has 1 aliphatic carbocycles. The number of nitrogens with one attached hydrogen (secondary N) is 2. The Morgan fingerprint density at radius 2 is 1.83 bits per heavy atom. The maximum Gasteiger partial charge on any atom is 0.0511 e. The average Bonchev–Trinajstić information content (AvgIpc) is 2.72. The van der Waals surface area contributed by atoms with E-state index < -0.39 is 0 Å². The fraction of sp³-hybridized carbons (Fsp3) is 0.600. The van der Waals surface area contributed by atoms with Gasteiger partial charge in [0.2, 0.25) is 0 Å². The summed E-state index contributed by atoms with van der Waals surface area (Å²) in [5, 5.41) is 0. The molecule has 0 radical (unpaired) electrons. The summed E-state index contributed by atoms with van der Waals surface area (Å²) < 4.78 is 0. The lowest BCUT2D eigenvalue weighted by molar-refractivity contribution is 0.278. The van der Waals surface area contributed by atoms with Gasteiger partial charge in [-0.15, -0.1) is 0 Å². The van der Waals surface area contributed by atoms with E-state index in [2.05, 4.69) is 42.9 Å². The fourth-order valence-corrected chi connectivity index (χ4v) is 3.70. The molecule has 98 valence electrons. The molecule has 1 saturated heterocycles. The van der Waals surface area contributed by atoms with Gasteiger partial charge in [-0.05, 0) is 55.7 Å². The first-order valence-electron chi connectivity index (χ1n) is 6.99. The Bertz CT molecular complexity index is 423. The van der Waals surface area contributed by atoms with Crippen LogP contribution in [0, 0.1) is 19.8 Å². The minimum Gasteiger partial charge on any atom is -0.328 e. The predicted molar refractivity (Wildman–Crippen MR) is 74.0 cm³/mol. The Morgan fingerprint density at radius 1 is 1.11 bits per heavy atom. The van der Waals surface area contributed by atoms with Crippen LogP contribution in [0.1, 0.15) is 42.0 Å². The quantitative estimate of drug-likeness (QED) is 0.709. The number of hydrazine groups is 1. The molecule has 3 rings (SSSR count). The third kappa shape index (κ3) is 1.96. The van der Waals surface area contributed by atoms with Crippen molar-refractivity contribution in [3.8, 4) is 0 Å². The van der Waals surface area contributed by atoms with Crippen LogP contribution in [0.5, 0.6) is 0 Å². The van der Waals surface area contributed by atoms with Gasteiger partial charge in [-0.2, -0.15) is 0 Å². The molecule has 0 amide bonds. The molecule has 4 N–H and O–H groups in total. The lowest BCUT2D eigenvalue weighted by Crippen LogP contribution is -2.39. The molecule has 0 spiro atoms. The van der Waals surface area contributed by atoms with Crippen molar-refractivity contribution in [2.45, 2.75) is 51.2 Å². The first kappa shape index (κ1) is 12.2. The smallest absolute Gasteiger partial charge is 0.0511 e. The number of fused-ring (bicyclic) bond motifs is 1. The number of benzene rings is 1. The number of hydrogen-bond acceptors (Lipinski definition) is 3. The molecular formula is C15H23N3. The van der Waals surface area contributed by atoms with Gasteiger partial charge in [0.15, 0.2) is 0 Å². The zero-order chi connectivity index (χ0) is 12.7. The monoisotopic (exact) mass is 245 g/mol. The Labute approximate surface area is 109 Å². The summed E-state index contributed by atoms with van der Waals surface area (Å²) in [5.41, 5.74) is 17.4. The van der Waals surface area contributed by atoms with Crippen LogP contribution in [0.15, 0.2) is 18.2 Å². The van der Waals surface area contributed by atoms with Crippen LogP contribution in [0.4, 0.5) is 0 Å². The van der Waals surface area contributed by atoms with Crippen molar-refractivity contribution < 1.29 is 0 Å². The summed E-state index contributed by atoms with van der Waals surface area (Å²) >= 11 is 0. The second-order valence-electron chi connectivity index (χ2n) is 5.92. The molecule has 4 atom stereocenters. The normalized spacial score (nSPS) is 35.5. The Hall–Kier alpha value is -0.900. The fourth-order valence-electron chi connectivity index (χ4n) is 3.70. The zero-order valence-corrected chi connectivity index (χ0v) is 11.2. The summed E-state index contributed by atoms with van der Waals surface area (Å²) in [7, 11) is 0. The number of nitrogens with two attached hydrogens (primary N) is 1. The second kappa shape index (κ2) is 4.65. The third-order valence-electron chi connectivity index (χ3n) is 4.65. The summed E-state index contributed by atoms with van der Waals surface area (Å²) in [6.07, 6.45) is 3.47. The molecule has 3 heteroatoms. The van der Waals surface area contributed by atoms with Crippen LogP contribution >= 0.6 is 0 Å². The SMILES string of the molecule is Cc1cccc(C)c1C1NNC2CCC(N)CC21. The molecule has 1 aromatic carbocycles. The van der Waals surface area contributed by atoms with Gasteiger partial charge < -0.3 is 5.73 Å². The van der Waals surface area contributed by atoms with Gasteiger partial charge >= 0.3 is 0 Å². The van der Waals surface area contributed by atoms with E-state index in [1.807, 2.05) is 0 Å². The highest BCUT2D eigenvalue weighted by molar-refractivity contribution is 5.37. The minimum absolute atomic E-state index is 0.375. The zero-order valence-electron chi connectivity index (χ0n) is 11.2. The molecule has 3 nitrogen and oxygen atoms in total. The summed E-state index contributed by atoms with van der Waals surface area (Å²) in [6.45, 7) is 4.42. The predicted octanol–water partition coefficient (Wildman–Crippen LogP) is 1.95. The third-order valence-corrected chi connectivity index (χ3v) is 4.65. The Kier molecular flexibility index (Phi) is 3.14. The first-order valence-corrected chi connectivity index (χ1v) is 6.99. The van der Waals surface area contributed by atoms with E-state index in [1.165, 1.54) is 23.1 Å². The van der Waals surface area contributed by atoms with E-state index in [-0.39, 0.29) is 0 Å². The van der Waals surface area contributed by atoms with Crippen LogP contribution in [0.25, 0.3) is 0 Å². The van der Waals surface area contributed by atoms with Gasteiger partial charge in [0.1, 0.15) is 0 Å². The highest BCUT2D eigenvalue weighted by atomic mass is 15.4. The van der Waals surface area contributed by atoms with Crippen LogP contribution in [-0.4, -0.2) is 12.1 Å². The maximum atomic E-state index is 6.15. The van der Waals surface area contributed by atoms with Gasteiger partial charge in [0.05, 0.1) is 6.04 Å². The van der Waals surface area contributed by atoms with Crippen molar-refractivity contribution in [1.82, 2.24) is 10.9 Å². The van der Waals surface area contributed by atoms with E-state index in [4.69, 9.17) is 5.73 Å². The standard InChI is InChI=1S/C15H23N3/c1-9-4-3-5-10(2)14(9)15-12-8-11(16)6-7-13(12)17-18-15/h3-5,11-13,15,17-18H,6-8,16H2,1-2H3. The van der Waals surface area contributed by atoms with Crippen LogP contribution in [0.2, 0.25) is 0 Å². The molecule has 18 heavy (non-hydrogen) atoms. The molecule has 1 saturated carbocycles. The van der Waals surface area contributed by atoms with E-state index in [0.717, 1.165) is 12.8 Å². The molecule has 4 unspecified atom stereocenters. The van der Waals surface area contributed by atoms with Crippen LogP contribution < -0.4 is 16.6 Å². The summed E-state index contributed by atoms with van der Waals surface area (Å²) in [5.74, 6) is 0.633. The minimum atomic E-state index is 0.375. The molecule has 2 fully saturated rings. The molecule has 0 aromatic heterocycles. The van der Waals surface area contributed by atoms with Crippen molar-refractivity contribution in [2.75, 3.05) is 0 Å². The van der Waals surface area contributed by atoms with Crippen molar-refractivity contribution in [1.29, 1.82) is 0 Å². The van der Waals surface area contributed by atoms with Gasteiger partial charge in [-0.1, -0.05) is 18.2 Å². The lowest BCUT2D eigenvalue weighted by Gasteiger charge is -2.32. The summed E-state index contributed by atoms with van der Waals surface area (Å²) in [4.78, 5) is 0. The van der Waals surface area contributed by atoms with E-state index in [9.17, 15) is 0 Å². The molecule has 1 aromatic rings. The highest BCUT2D eigenvalue weighted by Gasteiger charge is 2.40. The lowest BCUT2D eigenvalue weighted by atomic mass is 9.76. The molecule has 0 bridgehead atoms. The van der Waals surface area contributed by atoms with Gasteiger partial charge in [0, 0.05) is 12.1 Å². The van der Waals surface area contributed by atoms with Crippen LogP contribution in [0.3, 0.4) is 0 Å². The number of rotatable bonds is 1. The number of aryl methyl sites for hydroxylation is 2. The Morgan fingerprint density at radius 3 is 2.56 bits per heavy atom. The first-order chi connectivity index (χ1) is 8.66. The van der Waals surface area contributed by atoms with Crippen molar-refractivity contribution >= 4 is 0 Å². The van der Waals surface area contributed by atoms with Crippen molar-refractivity contribution in [2.24, 2.45) is 11.7 Å². The number of hydrogen-bond donors (Lipinski definition) is 3.